The number of nitrogens with one attached hydrogen (secondary N) is 2. The van der Waals surface area contributed by atoms with E-state index in [1.54, 1.807) is 24.3 Å². The standard InChI is InChI=1S/C20H17N3O4/c24-13-22-17-10-11-21-18(19(17)25)20(26)23-15-6-8-16(9-7-15)27-12-14-4-2-1-3-5-14/h1-11,13,25H,12H2,(H,23,26)(H,21,22,24). The van der Waals surface area contributed by atoms with Crippen LogP contribution in [0.2, 0.25) is 0 Å². The number of carbonyl (C=O) groups is 2. The minimum Gasteiger partial charge on any atom is -0.504 e. The second kappa shape index (κ2) is 8.48. The fourth-order valence-corrected chi connectivity index (χ4v) is 2.37. The van der Waals surface area contributed by atoms with Gasteiger partial charge in [0.15, 0.2) is 11.4 Å². The highest BCUT2D eigenvalue weighted by Gasteiger charge is 2.16. The van der Waals surface area contributed by atoms with E-state index in [1.807, 2.05) is 30.3 Å². The van der Waals surface area contributed by atoms with Gasteiger partial charge >= 0.3 is 0 Å². The van der Waals surface area contributed by atoms with Crippen molar-refractivity contribution < 1.29 is 19.4 Å². The summed E-state index contributed by atoms with van der Waals surface area (Å²) >= 11 is 0. The minimum absolute atomic E-state index is 0.106. The number of pyridine rings is 1. The molecule has 3 N–H and O–H groups in total. The van der Waals surface area contributed by atoms with Gasteiger partial charge in [0.25, 0.3) is 5.91 Å². The third-order valence-corrected chi connectivity index (χ3v) is 3.71. The van der Waals surface area contributed by atoms with Gasteiger partial charge in [0.1, 0.15) is 12.4 Å². The summed E-state index contributed by atoms with van der Waals surface area (Å²) in [5, 5.41) is 15.0. The first-order valence-electron chi connectivity index (χ1n) is 8.13. The van der Waals surface area contributed by atoms with Crippen LogP contribution < -0.4 is 15.4 Å². The van der Waals surface area contributed by atoms with Gasteiger partial charge in [-0.05, 0) is 35.9 Å². The molecule has 136 valence electrons. The third kappa shape index (κ3) is 4.60. The Bertz CT molecular complexity index is 928. The molecule has 0 unspecified atom stereocenters. The normalized spacial score (nSPS) is 10.1. The zero-order valence-electron chi connectivity index (χ0n) is 14.3. The molecule has 0 radical (unpaired) electrons. The van der Waals surface area contributed by atoms with E-state index >= 15 is 0 Å². The molecule has 0 saturated heterocycles. The lowest BCUT2D eigenvalue weighted by Crippen LogP contribution is -2.14. The Morgan fingerprint density at radius 2 is 1.81 bits per heavy atom. The van der Waals surface area contributed by atoms with E-state index in [0.717, 1.165) is 5.56 Å². The minimum atomic E-state index is -0.597. The lowest BCUT2D eigenvalue weighted by molar-refractivity contribution is -0.105. The molecule has 3 rings (SSSR count). The molecule has 7 nitrogen and oxygen atoms in total. The molecule has 0 spiro atoms. The molecule has 27 heavy (non-hydrogen) atoms. The topological polar surface area (TPSA) is 101 Å². The predicted octanol–water partition coefficient (Wildman–Crippen LogP) is 3.19. The zero-order valence-corrected chi connectivity index (χ0v) is 14.3. The molecule has 2 aromatic carbocycles. The predicted molar refractivity (Wildman–Crippen MR) is 101 cm³/mol. The number of nitrogens with zero attached hydrogens (tertiary/aromatic N) is 1. The monoisotopic (exact) mass is 363 g/mol. The van der Waals surface area contributed by atoms with Crippen molar-refractivity contribution in [2.45, 2.75) is 6.61 Å². The van der Waals surface area contributed by atoms with Crippen molar-refractivity contribution in [1.82, 2.24) is 4.98 Å². The third-order valence-electron chi connectivity index (χ3n) is 3.71. The Labute approximate surface area is 155 Å². The second-order valence-corrected chi connectivity index (χ2v) is 5.57. The maximum Gasteiger partial charge on any atom is 0.278 e. The highest BCUT2D eigenvalue weighted by molar-refractivity contribution is 6.06. The molecular formula is C20H17N3O4. The Hall–Kier alpha value is -3.87. The fraction of sp³-hybridized carbons (Fsp3) is 0.0500. The van der Waals surface area contributed by atoms with Gasteiger partial charge in [0, 0.05) is 11.9 Å². The summed E-state index contributed by atoms with van der Waals surface area (Å²) in [5.41, 5.74) is 1.49. The Morgan fingerprint density at radius 3 is 2.52 bits per heavy atom. The number of rotatable bonds is 7. The average Bonchev–Trinajstić information content (AvgIpc) is 2.70. The average molecular weight is 363 g/mol. The quantitative estimate of drug-likeness (QED) is 0.560. The highest BCUT2D eigenvalue weighted by Crippen LogP contribution is 2.26. The highest BCUT2D eigenvalue weighted by atomic mass is 16.5. The second-order valence-electron chi connectivity index (χ2n) is 5.57. The number of carbonyl (C=O) groups excluding carboxylic acids is 2. The number of hydrogen-bond acceptors (Lipinski definition) is 5. The maximum atomic E-state index is 12.3. The van der Waals surface area contributed by atoms with Gasteiger partial charge in [0.05, 0.1) is 5.69 Å². The SMILES string of the molecule is O=CNc1ccnc(C(=O)Nc2ccc(OCc3ccccc3)cc2)c1O. The maximum absolute atomic E-state index is 12.3. The Balaban J connectivity index is 1.63. The van der Waals surface area contributed by atoms with E-state index in [9.17, 15) is 14.7 Å². The number of aromatic hydroxyl groups is 1. The van der Waals surface area contributed by atoms with Crippen LogP contribution in [-0.2, 0) is 11.4 Å². The molecule has 3 aromatic rings. The molecule has 0 aliphatic rings. The molecular weight excluding hydrogens is 346 g/mol. The molecule has 0 atom stereocenters. The van der Waals surface area contributed by atoms with Crippen LogP contribution in [-0.4, -0.2) is 22.4 Å². The van der Waals surface area contributed by atoms with Gasteiger partial charge in [-0.3, -0.25) is 9.59 Å². The summed E-state index contributed by atoms with van der Waals surface area (Å²) in [5.74, 6) is -0.333. The van der Waals surface area contributed by atoms with Crippen LogP contribution in [0.4, 0.5) is 11.4 Å². The number of benzene rings is 2. The van der Waals surface area contributed by atoms with E-state index in [-0.39, 0.29) is 11.4 Å². The lowest BCUT2D eigenvalue weighted by Gasteiger charge is -2.10. The summed E-state index contributed by atoms with van der Waals surface area (Å²) in [6.45, 7) is 0.445. The molecule has 1 aromatic heterocycles. The summed E-state index contributed by atoms with van der Waals surface area (Å²) in [7, 11) is 0. The van der Waals surface area contributed by atoms with Gasteiger partial charge in [0.2, 0.25) is 6.41 Å². The van der Waals surface area contributed by atoms with Crippen LogP contribution in [0.25, 0.3) is 0 Å². The van der Waals surface area contributed by atoms with Crippen LogP contribution in [0.3, 0.4) is 0 Å². The molecule has 0 aliphatic heterocycles. The van der Waals surface area contributed by atoms with Crippen LogP contribution >= 0.6 is 0 Å². The van der Waals surface area contributed by atoms with Crippen molar-refractivity contribution in [3.8, 4) is 11.5 Å². The first-order valence-corrected chi connectivity index (χ1v) is 8.13. The van der Waals surface area contributed by atoms with Crippen LogP contribution in [0.15, 0.2) is 66.9 Å². The van der Waals surface area contributed by atoms with Gasteiger partial charge < -0.3 is 20.5 Å². The molecule has 0 bridgehead atoms. The first kappa shape index (κ1) is 17.9. The summed E-state index contributed by atoms with van der Waals surface area (Å²) < 4.78 is 5.69. The van der Waals surface area contributed by atoms with Crippen LogP contribution in [0.5, 0.6) is 11.5 Å². The van der Waals surface area contributed by atoms with E-state index in [4.69, 9.17) is 4.74 Å². The number of hydrogen-bond donors (Lipinski definition) is 3. The zero-order chi connectivity index (χ0) is 19.1. The largest absolute Gasteiger partial charge is 0.504 e. The molecule has 2 amide bonds. The van der Waals surface area contributed by atoms with Crippen LogP contribution in [0, 0.1) is 0 Å². The lowest BCUT2D eigenvalue weighted by atomic mass is 10.2. The van der Waals surface area contributed by atoms with Crippen LogP contribution in [0.1, 0.15) is 16.1 Å². The number of amides is 2. The van der Waals surface area contributed by atoms with E-state index in [1.165, 1.54) is 12.3 Å². The van der Waals surface area contributed by atoms with Gasteiger partial charge in [-0.1, -0.05) is 30.3 Å². The van der Waals surface area contributed by atoms with Crippen molar-refractivity contribution >= 4 is 23.7 Å². The van der Waals surface area contributed by atoms with E-state index < -0.39 is 11.7 Å². The summed E-state index contributed by atoms with van der Waals surface area (Å²) in [4.78, 5) is 26.7. The molecule has 0 fully saturated rings. The number of aromatic nitrogens is 1. The van der Waals surface area contributed by atoms with Crippen molar-refractivity contribution in [3.05, 3.63) is 78.1 Å². The summed E-state index contributed by atoms with van der Waals surface area (Å²) in [6, 6.07) is 18.0. The van der Waals surface area contributed by atoms with E-state index in [0.29, 0.717) is 24.5 Å². The smallest absolute Gasteiger partial charge is 0.278 e. The number of anilines is 2. The van der Waals surface area contributed by atoms with Gasteiger partial charge in [-0.25, -0.2) is 4.98 Å². The van der Waals surface area contributed by atoms with E-state index in [2.05, 4.69) is 15.6 Å². The molecule has 0 saturated carbocycles. The summed E-state index contributed by atoms with van der Waals surface area (Å²) in [6.07, 6.45) is 1.73. The number of ether oxygens (including phenoxy) is 1. The Kier molecular flexibility index (Phi) is 5.64. The van der Waals surface area contributed by atoms with Gasteiger partial charge in [-0.2, -0.15) is 0 Å². The van der Waals surface area contributed by atoms with Crippen molar-refractivity contribution in [2.24, 2.45) is 0 Å². The first-order chi connectivity index (χ1) is 13.2. The fourth-order valence-electron chi connectivity index (χ4n) is 2.37. The molecule has 1 heterocycles. The van der Waals surface area contributed by atoms with Gasteiger partial charge in [-0.15, -0.1) is 0 Å². The molecule has 0 aliphatic carbocycles. The van der Waals surface area contributed by atoms with Crippen molar-refractivity contribution in [1.29, 1.82) is 0 Å². The van der Waals surface area contributed by atoms with Crippen molar-refractivity contribution in [3.63, 3.8) is 0 Å². The van der Waals surface area contributed by atoms with Crippen molar-refractivity contribution in [2.75, 3.05) is 10.6 Å². The Morgan fingerprint density at radius 1 is 1.07 bits per heavy atom. The molecule has 7 heteroatoms.